The van der Waals surface area contributed by atoms with Gasteiger partial charge >= 0.3 is 0 Å². The molecule has 0 saturated carbocycles. The van der Waals surface area contributed by atoms with Crippen molar-refractivity contribution in [1.29, 1.82) is 0 Å². The Labute approximate surface area is 147 Å². The number of pyridine rings is 1. The molecule has 3 rings (SSSR count). The highest BCUT2D eigenvalue weighted by Gasteiger charge is 2.38. The van der Waals surface area contributed by atoms with Crippen LogP contribution in [0.2, 0.25) is 0 Å². The molecule has 0 radical (unpaired) electrons. The minimum Gasteiger partial charge on any atom is -0.381 e. The van der Waals surface area contributed by atoms with Crippen LogP contribution in [-0.2, 0) is 9.53 Å². The number of hydrogen-bond acceptors (Lipinski definition) is 4. The summed E-state index contributed by atoms with van der Waals surface area (Å²) in [6, 6.07) is 9.75. The van der Waals surface area contributed by atoms with Crippen molar-refractivity contribution in [1.82, 2.24) is 4.98 Å². The van der Waals surface area contributed by atoms with E-state index >= 15 is 0 Å². The summed E-state index contributed by atoms with van der Waals surface area (Å²) in [5.74, 6) is -0.0367. The fourth-order valence-electron chi connectivity index (χ4n) is 2.69. The number of nitrogens with two attached hydrogens (primary N) is 1. The molecule has 126 valence electrons. The quantitative estimate of drug-likeness (QED) is 0.885. The first kappa shape index (κ1) is 19.6. The summed E-state index contributed by atoms with van der Waals surface area (Å²) in [4.78, 5) is 16.9. The van der Waals surface area contributed by atoms with Crippen LogP contribution in [0.1, 0.15) is 12.8 Å². The largest absolute Gasteiger partial charge is 0.381 e. The minimum absolute atomic E-state index is 0. The highest BCUT2D eigenvalue weighted by atomic mass is 35.5. The number of benzene rings is 1. The molecule has 7 heteroatoms. The smallest absolute Gasteiger partial charge is 0.232 e. The first-order valence-electron chi connectivity index (χ1n) is 7.18. The zero-order valence-electron chi connectivity index (χ0n) is 12.7. The fourth-order valence-corrected chi connectivity index (χ4v) is 2.69. The lowest BCUT2D eigenvalue weighted by Crippen LogP contribution is -2.46. The molecule has 0 unspecified atom stereocenters. The van der Waals surface area contributed by atoms with Crippen LogP contribution in [0.3, 0.4) is 0 Å². The van der Waals surface area contributed by atoms with E-state index in [1.807, 2.05) is 30.3 Å². The van der Waals surface area contributed by atoms with Crippen molar-refractivity contribution < 1.29 is 9.53 Å². The van der Waals surface area contributed by atoms with Crippen LogP contribution in [-0.4, -0.2) is 30.6 Å². The normalized spacial score (nSPS) is 16.0. The summed E-state index contributed by atoms with van der Waals surface area (Å²) < 4.78 is 5.34. The van der Waals surface area contributed by atoms with Gasteiger partial charge in [0.2, 0.25) is 5.91 Å². The molecule has 0 bridgehead atoms. The number of para-hydroxylation sites is 1. The third-order valence-electron chi connectivity index (χ3n) is 4.17. The summed E-state index contributed by atoms with van der Waals surface area (Å²) >= 11 is 0. The Balaban J connectivity index is 0.00000132. The van der Waals surface area contributed by atoms with Gasteiger partial charge in [-0.2, -0.15) is 0 Å². The van der Waals surface area contributed by atoms with Gasteiger partial charge in [-0.3, -0.25) is 9.78 Å². The number of hydrogen-bond donors (Lipinski definition) is 2. The average molecular weight is 358 g/mol. The van der Waals surface area contributed by atoms with E-state index in [4.69, 9.17) is 10.5 Å². The molecule has 1 saturated heterocycles. The van der Waals surface area contributed by atoms with Crippen molar-refractivity contribution in [3.05, 3.63) is 36.5 Å². The number of nitrogens with zero attached hydrogens (tertiary/aromatic N) is 1. The van der Waals surface area contributed by atoms with Crippen molar-refractivity contribution in [2.75, 3.05) is 25.1 Å². The second-order valence-corrected chi connectivity index (χ2v) is 5.47. The maximum atomic E-state index is 12.6. The monoisotopic (exact) mass is 357 g/mol. The van der Waals surface area contributed by atoms with E-state index < -0.39 is 5.41 Å². The first-order chi connectivity index (χ1) is 10.2. The molecule has 1 fully saturated rings. The van der Waals surface area contributed by atoms with Gasteiger partial charge in [0.15, 0.2) is 0 Å². The summed E-state index contributed by atoms with van der Waals surface area (Å²) in [5.41, 5.74) is 6.95. The molecule has 2 aromatic rings. The Morgan fingerprint density at radius 1 is 1.26 bits per heavy atom. The number of halogens is 2. The van der Waals surface area contributed by atoms with Crippen LogP contribution in [0.25, 0.3) is 10.9 Å². The van der Waals surface area contributed by atoms with E-state index in [2.05, 4.69) is 10.3 Å². The third kappa shape index (κ3) is 4.12. The molecule has 3 N–H and O–H groups in total. The molecule has 1 aromatic heterocycles. The second-order valence-electron chi connectivity index (χ2n) is 5.47. The summed E-state index contributed by atoms with van der Waals surface area (Å²) in [5, 5.41) is 3.96. The van der Waals surface area contributed by atoms with Crippen molar-refractivity contribution in [3.8, 4) is 0 Å². The van der Waals surface area contributed by atoms with E-state index in [0.717, 1.165) is 10.9 Å². The van der Waals surface area contributed by atoms with Gasteiger partial charge in [-0.25, -0.2) is 0 Å². The molecular formula is C16H21Cl2N3O2. The number of rotatable bonds is 3. The highest BCUT2D eigenvalue weighted by molar-refractivity contribution is 5.97. The van der Waals surface area contributed by atoms with Gasteiger partial charge < -0.3 is 15.8 Å². The number of nitrogens with one attached hydrogen (secondary N) is 1. The van der Waals surface area contributed by atoms with E-state index in [9.17, 15) is 4.79 Å². The number of anilines is 1. The topological polar surface area (TPSA) is 77.2 Å². The molecule has 0 atom stereocenters. The van der Waals surface area contributed by atoms with E-state index in [0.29, 0.717) is 38.3 Å². The van der Waals surface area contributed by atoms with Gasteiger partial charge in [0.1, 0.15) is 0 Å². The minimum atomic E-state index is -0.524. The Hall–Kier alpha value is -1.40. The molecule has 2 heterocycles. The van der Waals surface area contributed by atoms with Gasteiger partial charge in [0.05, 0.1) is 22.8 Å². The van der Waals surface area contributed by atoms with Crippen LogP contribution in [0.5, 0.6) is 0 Å². The summed E-state index contributed by atoms with van der Waals surface area (Å²) in [6.07, 6.45) is 3.01. The lowest BCUT2D eigenvalue weighted by Gasteiger charge is -2.34. The van der Waals surface area contributed by atoms with Gasteiger partial charge in [0, 0.05) is 25.1 Å². The van der Waals surface area contributed by atoms with Crippen molar-refractivity contribution in [2.45, 2.75) is 12.8 Å². The number of carbonyl (C=O) groups excluding carboxylic acids is 1. The lowest BCUT2D eigenvalue weighted by atomic mass is 9.79. The van der Waals surface area contributed by atoms with Crippen LogP contribution in [0, 0.1) is 5.41 Å². The first-order valence-corrected chi connectivity index (χ1v) is 7.18. The van der Waals surface area contributed by atoms with Gasteiger partial charge in [0.25, 0.3) is 0 Å². The predicted octanol–water partition coefficient (Wildman–Crippen LogP) is 2.77. The van der Waals surface area contributed by atoms with Gasteiger partial charge in [-0.15, -0.1) is 24.8 Å². The SMILES string of the molecule is Cl.Cl.NCC1(C(=O)Nc2cnc3ccccc3c2)CCOCC1. The maximum absolute atomic E-state index is 12.6. The number of fused-ring (bicyclic) bond motifs is 1. The molecular weight excluding hydrogens is 337 g/mol. The number of ether oxygens (including phenoxy) is 1. The molecule has 23 heavy (non-hydrogen) atoms. The Morgan fingerprint density at radius 3 is 2.65 bits per heavy atom. The van der Waals surface area contributed by atoms with Crippen LogP contribution < -0.4 is 11.1 Å². The highest BCUT2D eigenvalue weighted by Crippen LogP contribution is 2.31. The zero-order chi connectivity index (χ0) is 14.7. The molecule has 1 aromatic carbocycles. The van der Waals surface area contributed by atoms with Crippen molar-refractivity contribution in [3.63, 3.8) is 0 Å². The zero-order valence-corrected chi connectivity index (χ0v) is 14.3. The predicted molar refractivity (Wildman–Crippen MR) is 96.4 cm³/mol. The summed E-state index contributed by atoms with van der Waals surface area (Å²) in [7, 11) is 0. The van der Waals surface area contributed by atoms with E-state index in [1.165, 1.54) is 0 Å². The molecule has 0 aliphatic carbocycles. The average Bonchev–Trinajstić information content (AvgIpc) is 2.55. The van der Waals surface area contributed by atoms with Crippen LogP contribution in [0.4, 0.5) is 5.69 Å². The van der Waals surface area contributed by atoms with Crippen molar-refractivity contribution >= 4 is 47.3 Å². The Morgan fingerprint density at radius 2 is 1.96 bits per heavy atom. The molecule has 1 aliphatic heterocycles. The number of amides is 1. The Kier molecular flexibility index (Phi) is 7.22. The fraction of sp³-hybridized carbons (Fsp3) is 0.375. The maximum Gasteiger partial charge on any atom is 0.232 e. The molecule has 0 spiro atoms. The van der Waals surface area contributed by atoms with Crippen LogP contribution >= 0.6 is 24.8 Å². The molecule has 1 amide bonds. The number of aromatic nitrogens is 1. The molecule has 1 aliphatic rings. The standard InChI is InChI=1S/C16H19N3O2.2ClH/c17-11-16(5-7-21-8-6-16)15(20)19-13-9-12-3-1-2-4-14(12)18-10-13;;/h1-4,9-10H,5-8,11,17H2,(H,19,20);2*1H. The summed E-state index contributed by atoms with van der Waals surface area (Å²) in [6.45, 7) is 1.50. The second kappa shape index (κ2) is 8.45. The van der Waals surface area contributed by atoms with E-state index in [-0.39, 0.29) is 30.7 Å². The lowest BCUT2D eigenvalue weighted by molar-refractivity contribution is -0.130. The third-order valence-corrected chi connectivity index (χ3v) is 4.17. The van der Waals surface area contributed by atoms with E-state index in [1.54, 1.807) is 6.20 Å². The van der Waals surface area contributed by atoms with Gasteiger partial charge in [-0.1, -0.05) is 18.2 Å². The van der Waals surface area contributed by atoms with Gasteiger partial charge in [-0.05, 0) is 25.0 Å². The van der Waals surface area contributed by atoms with Crippen molar-refractivity contribution in [2.24, 2.45) is 11.1 Å². The molecule has 5 nitrogen and oxygen atoms in total. The Bertz CT molecular complexity index is 661. The van der Waals surface area contributed by atoms with Crippen LogP contribution in [0.15, 0.2) is 36.5 Å². The number of carbonyl (C=O) groups is 1.